The van der Waals surface area contributed by atoms with Gasteiger partial charge in [-0.3, -0.25) is 0 Å². The molecule has 0 aliphatic heterocycles. The summed E-state index contributed by atoms with van der Waals surface area (Å²) in [5.74, 6) is -1.32. The Morgan fingerprint density at radius 2 is 2.11 bits per heavy atom. The monoisotopic (exact) mass is 336 g/mol. The SMILES string of the molecule is O=C(Nc1ccc(Br)c(Cl)c1)NC(CO)C(=O)O. The Labute approximate surface area is 116 Å². The minimum absolute atomic E-state index is 0.405. The van der Waals surface area contributed by atoms with Crippen molar-refractivity contribution in [2.24, 2.45) is 0 Å². The molecule has 0 radical (unpaired) electrons. The van der Waals surface area contributed by atoms with E-state index in [0.717, 1.165) is 0 Å². The summed E-state index contributed by atoms with van der Waals surface area (Å²) < 4.78 is 0.675. The smallest absolute Gasteiger partial charge is 0.328 e. The first-order chi connectivity index (χ1) is 8.43. The number of aliphatic carboxylic acids is 1. The zero-order valence-corrected chi connectivity index (χ0v) is 11.3. The van der Waals surface area contributed by atoms with E-state index in [4.69, 9.17) is 21.8 Å². The third kappa shape index (κ3) is 4.17. The van der Waals surface area contributed by atoms with Crippen molar-refractivity contribution in [2.45, 2.75) is 6.04 Å². The second-order valence-corrected chi connectivity index (χ2v) is 4.56. The molecule has 0 aliphatic carbocycles. The van der Waals surface area contributed by atoms with Crippen molar-refractivity contribution in [3.8, 4) is 0 Å². The number of carbonyl (C=O) groups excluding carboxylic acids is 1. The van der Waals surface area contributed by atoms with Crippen LogP contribution in [0.4, 0.5) is 10.5 Å². The number of hydrogen-bond acceptors (Lipinski definition) is 3. The van der Waals surface area contributed by atoms with Crippen LogP contribution in [0, 0.1) is 0 Å². The molecule has 0 spiro atoms. The van der Waals surface area contributed by atoms with Crippen LogP contribution in [-0.4, -0.2) is 34.9 Å². The number of nitrogens with one attached hydrogen (secondary N) is 2. The Bertz CT molecular complexity index is 469. The van der Waals surface area contributed by atoms with Crippen LogP contribution < -0.4 is 10.6 Å². The molecule has 1 unspecified atom stereocenters. The number of rotatable bonds is 4. The standard InChI is InChI=1S/C10H10BrClN2O4/c11-6-2-1-5(3-7(6)12)13-10(18)14-8(4-15)9(16)17/h1-3,8,15H,4H2,(H,16,17)(H2,13,14,18). The molecule has 0 aliphatic rings. The van der Waals surface area contributed by atoms with Crippen molar-refractivity contribution in [3.05, 3.63) is 27.7 Å². The normalized spacial score (nSPS) is 11.7. The quantitative estimate of drug-likeness (QED) is 0.671. The molecule has 1 aromatic carbocycles. The fourth-order valence-corrected chi connectivity index (χ4v) is 1.51. The predicted octanol–water partition coefficient (Wildman–Crippen LogP) is 1.67. The van der Waals surface area contributed by atoms with Gasteiger partial charge in [0.1, 0.15) is 0 Å². The summed E-state index contributed by atoms with van der Waals surface area (Å²) in [6, 6.07) is 2.63. The number of urea groups is 1. The molecule has 0 heterocycles. The molecule has 1 atom stereocenters. The van der Waals surface area contributed by atoms with E-state index in [0.29, 0.717) is 15.2 Å². The van der Waals surface area contributed by atoms with Crippen LogP contribution in [0.15, 0.2) is 22.7 Å². The van der Waals surface area contributed by atoms with Gasteiger partial charge in [-0.05, 0) is 34.1 Å². The van der Waals surface area contributed by atoms with E-state index < -0.39 is 24.6 Å². The largest absolute Gasteiger partial charge is 0.480 e. The third-order valence-electron chi connectivity index (χ3n) is 1.96. The summed E-state index contributed by atoms with van der Waals surface area (Å²) in [6.07, 6.45) is 0. The highest BCUT2D eigenvalue weighted by atomic mass is 79.9. The van der Waals surface area contributed by atoms with Gasteiger partial charge in [-0.15, -0.1) is 0 Å². The molecular weight excluding hydrogens is 327 g/mol. The Morgan fingerprint density at radius 3 is 2.61 bits per heavy atom. The maximum absolute atomic E-state index is 11.4. The van der Waals surface area contributed by atoms with Gasteiger partial charge >= 0.3 is 12.0 Å². The van der Waals surface area contributed by atoms with Crippen LogP contribution >= 0.6 is 27.5 Å². The van der Waals surface area contributed by atoms with Gasteiger partial charge in [0.15, 0.2) is 6.04 Å². The molecule has 2 amide bonds. The first-order valence-corrected chi connectivity index (χ1v) is 5.97. The second kappa shape index (κ2) is 6.58. The highest BCUT2D eigenvalue weighted by molar-refractivity contribution is 9.10. The lowest BCUT2D eigenvalue weighted by atomic mass is 10.3. The molecular formula is C10H10BrClN2O4. The van der Waals surface area contributed by atoms with E-state index in [2.05, 4.69) is 26.6 Å². The molecule has 0 saturated carbocycles. The summed E-state index contributed by atoms with van der Waals surface area (Å²) in [5.41, 5.74) is 0.405. The van der Waals surface area contributed by atoms with Gasteiger partial charge in [-0.25, -0.2) is 9.59 Å². The average molecular weight is 338 g/mol. The Morgan fingerprint density at radius 1 is 1.44 bits per heavy atom. The van der Waals surface area contributed by atoms with Crippen LogP contribution in [0.5, 0.6) is 0 Å². The van der Waals surface area contributed by atoms with Crippen LogP contribution in [0.1, 0.15) is 0 Å². The lowest BCUT2D eigenvalue weighted by molar-refractivity contribution is -0.140. The van der Waals surface area contributed by atoms with Gasteiger partial charge in [0.2, 0.25) is 0 Å². The van der Waals surface area contributed by atoms with Crippen molar-refractivity contribution in [1.82, 2.24) is 5.32 Å². The number of aliphatic hydroxyl groups excluding tert-OH is 1. The molecule has 8 heteroatoms. The van der Waals surface area contributed by atoms with Gasteiger partial charge < -0.3 is 20.8 Å². The second-order valence-electron chi connectivity index (χ2n) is 3.30. The maximum atomic E-state index is 11.4. The number of benzene rings is 1. The van der Waals surface area contributed by atoms with E-state index in [1.54, 1.807) is 12.1 Å². The highest BCUT2D eigenvalue weighted by Crippen LogP contribution is 2.25. The number of aliphatic hydroxyl groups is 1. The molecule has 0 bridgehead atoms. The number of carboxylic acids is 1. The van der Waals surface area contributed by atoms with Crippen molar-refractivity contribution >= 4 is 45.2 Å². The first kappa shape index (κ1) is 14.7. The van der Waals surface area contributed by atoms with Crippen LogP contribution in [0.25, 0.3) is 0 Å². The van der Waals surface area contributed by atoms with Gasteiger partial charge in [0.05, 0.1) is 11.6 Å². The van der Waals surface area contributed by atoms with E-state index in [1.807, 2.05) is 0 Å². The van der Waals surface area contributed by atoms with Crippen LogP contribution in [0.2, 0.25) is 5.02 Å². The Hall–Kier alpha value is -1.31. The Kier molecular flexibility index (Phi) is 5.39. The summed E-state index contributed by atoms with van der Waals surface area (Å²) in [7, 11) is 0. The van der Waals surface area contributed by atoms with Gasteiger partial charge in [0.25, 0.3) is 0 Å². The predicted molar refractivity (Wildman–Crippen MR) is 69.8 cm³/mol. The van der Waals surface area contributed by atoms with Crippen LogP contribution in [0.3, 0.4) is 0 Å². The first-order valence-electron chi connectivity index (χ1n) is 4.80. The van der Waals surface area contributed by atoms with E-state index in [9.17, 15) is 9.59 Å². The fourth-order valence-electron chi connectivity index (χ4n) is 1.08. The maximum Gasteiger partial charge on any atom is 0.328 e. The third-order valence-corrected chi connectivity index (χ3v) is 3.20. The molecule has 1 rings (SSSR count). The molecule has 4 N–H and O–H groups in total. The van der Waals surface area contributed by atoms with Crippen molar-refractivity contribution in [1.29, 1.82) is 0 Å². The Balaban J connectivity index is 2.64. The van der Waals surface area contributed by atoms with Gasteiger partial charge in [-0.1, -0.05) is 11.6 Å². The summed E-state index contributed by atoms with van der Waals surface area (Å²) in [4.78, 5) is 22.0. The molecule has 1 aromatic rings. The molecule has 0 fully saturated rings. The van der Waals surface area contributed by atoms with Gasteiger partial charge in [0, 0.05) is 10.2 Å². The number of carboxylic acid groups (broad SMARTS) is 1. The zero-order chi connectivity index (χ0) is 13.7. The minimum atomic E-state index is -1.35. The number of halogens is 2. The summed E-state index contributed by atoms with van der Waals surface area (Å²) >= 11 is 9.02. The molecule has 0 saturated heterocycles. The number of amides is 2. The topological polar surface area (TPSA) is 98.7 Å². The molecule has 6 nitrogen and oxygen atoms in total. The summed E-state index contributed by atoms with van der Waals surface area (Å²) in [6.45, 7) is -0.691. The van der Waals surface area contributed by atoms with Crippen molar-refractivity contribution < 1.29 is 19.8 Å². The molecule has 98 valence electrons. The van der Waals surface area contributed by atoms with E-state index in [-0.39, 0.29) is 0 Å². The molecule has 18 heavy (non-hydrogen) atoms. The lowest BCUT2D eigenvalue weighted by Crippen LogP contribution is -2.45. The van der Waals surface area contributed by atoms with Gasteiger partial charge in [-0.2, -0.15) is 0 Å². The van der Waals surface area contributed by atoms with Crippen molar-refractivity contribution in [3.63, 3.8) is 0 Å². The fraction of sp³-hybridized carbons (Fsp3) is 0.200. The molecule has 0 aromatic heterocycles. The number of hydrogen-bond donors (Lipinski definition) is 4. The van der Waals surface area contributed by atoms with Crippen LogP contribution in [-0.2, 0) is 4.79 Å². The highest BCUT2D eigenvalue weighted by Gasteiger charge is 2.18. The lowest BCUT2D eigenvalue weighted by Gasteiger charge is -2.12. The minimum Gasteiger partial charge on any atom is -0.480 e. The average Bonchev–Trinajstić information content (AvgIpc) is 2.30. The number of anilines is 1. The van der Waals surface area contributed by atoms with E-state index in [1.165, 1.54) is 6.07 Å². The van der Waals surface area contributed by atoms with E-state index >= 15 is 0 Å². The van der Waals surface area contributed by atoms with Crippen molar-refractivity contribution in [2.75, 3.05) is 11.9 Å². The summed E-state index contributed by atoms with van der Waals surface area (Å²) in [5, 5.41) is 22.3. The zero-order valence-electron chi connectivity index (χ0n) is 8.98. The number of carbonyl (C=O) groups is 2.